The molecular formula is C16H29N3O3S. The number of aromatic nitrogens is 2. The monoisotopic (exact) mass is 343 g/mol. The molecule has 1 aromatic rings. The number of rotatable bonds is 5. The molecule has 1 heterocycles. The lowest BCUT2D eigenvalue weighted by Crippen LogP contribution is -2.47. The van der Waals surface area contributed by atoms with Gasteiger partial charge in [-0.25, -0.2) is 8.42 Å². The summed E-state index contributed by atoms with van der Waals surface area (Å²) in [7, 11) is -0.387. The lowest BCUT2D eigenvalue weighted by atomic mass is 9.87. The summed E-state index contributed by atoms with van der Waals surface area (Å²) >= 11 is 0. The zero-order valence-corrected chi connectivity index (χ0v) is 15.6. The Morgan fingerprint density at radius 3 is 2.43 bits per heavy atom. The third kappa shape index (κ3) is 3.61. The molecule has 1 saturated carbocycles. The summed E-state index contributed by atoms with van der Waals surface area (Å²) in [6.45, 7) is 5.58. The van der Waals surface area contributed by atoms with Crippen molar-refractivity contribution >= 4 is 10.0 Å². The van der Waals surface area contributed by atoms with E-state index in [1.165, 1.54) is 4.31 Å². The second-order valence-corrected chi connectivity index (χ2v) is 9.59. The zero-order valence-electron chi connectivity index (χ0n) is 14.8. The van der Waals surface area contributed by atoms with Gasteiger partial charge in [0.05, 0.1) is 18.3 Å². The van der Waals surface area contributed by atoms with Gasteiger partial charge in [-0.15, -0.1) is 0 Å². The van der Waals surface area contributed by atoms with E-state index in [2.05, 4.69) is 5.10 Å². The molecule has 1 unspecified atom stereocenters. The van der Waals surface area contributed by atoms with Crippen molar-refractivity contribution in [1.82, 2.24) is 14.1 Å². The Kier molecular flexibility index (Phi) is 5.23. The highest BCUT2D eigenvalue weighted by atomic mass is 32.2. The average Bonchev–Trinajstić information content (AvgIpc) is 3.06. The Bertz CT molecular complexity index is 640. The van der Waals surface area contributed by atoms with Gasteiger partial charge < -0.3 is 5.11 Å². The lowest BCUT2D eigenvalue weighted by molar-refractivity contribution is 0.115. The second kappa shape index (κ2) is 6.53. The SMILES string of the molecule is CN(C(CO)C(C)(C)C)S(=O)(=O)c1cn(C)nc1C1CCCC1. The summed E-state index contributed by atoms with van der Waals surface area (Å²) in [6.07, 6.45) is 5.82. The summed E-state index contributed by atoms with van der Waals surface area (Å²) < 4.78 is 29.2. The number of aryl methyl sites for hydroxylation is 1. The van der Waals surface area contributed by atoms with Gasteiger partial charge in [0.2, 0.25) is 10.0 Å². The van der Waals surface area contributed by atoms with E-state index < -0.39 is 16.1 Å². The molecule has 0 aliphatic heterocycles. The molecule has 1 fully saturated rings. The predicted octanol–water partition coefficient (Wildman–Crippen LogP) is 2.11. The van der Waals surface area contributed by atoms with Crippen LogP contribution in [0.1, 0.15) is 58.1 Å². The Labute approximate surface area is 139 Å². The number of nitrogens with zero attached hydrogens (tertiary/aromatic N) is 3. The van der Waals surface area contributed by atoms with Crippen molar-refractivity contribution in [3.8, 4) is 0 Å². The third-order valence-corrected chi connectivity index (χ3v) is 6.72. The molecule has 23 heavy (non-hydrogen) atoms. The molecule has 132 valence electrons. The molecule has 1 N–H and O–H groups in total. The maximum absolute atomic E-state index is 13.1. The number of likely N-dealkylation sites (N-methyl/N-ethyl adjacent to an activating group) is 1. The topological polar surface area (TPSA) is 75.4 Å². The quantitative estimate of drug-likeness (QED) is 0.888. The minimum absolute atomic E-state index is 0.210. The van der Waals surface area contributed by atoms with E-state index in [-0.39, 0.29) is 22.8 Å². The molecule has 0 bridgehead atoms. The highest BCUT2D eigenvalue weighted by Gasteiger charge is 2.38. The molecule has 1 aliphatic rings. The van der Waals surface area contributed by atoms with Crippen LogP contribution in [0.25, 0.3) is 0 Å². The normalized spacial score (nSPS) is 18.7. The first-order chi connectivity index (χ1) is 10.6. The Balaban J connectivity index is 2.43. The molecule has 1 atom stereocenters. The van der Waals surface area contributed by atoms with Gasteiger partial charge in [-0.1, -0.05) is 33.6 Å². The highest BCUT2D eigenvalue weighted by molar-refractivity contribution is 7.89. The van der Waals surface area contributed by atoms with Crippen LogP contribution in [0.5, 0.6) is 0 Å². The first-order valence-corrected chi connectivity index (χ1v) is 9.65. The minimum Gasteiger partial charge on any atom is -0.395 e. The molecule has 0 amide bonds. The molecule has 0 radical (unpaired) electrons. The summed E-state index contributed by atoms with van der Waals surface area (Å²) in [4.78, 5) is 0.289. The van der Waals surface area contributed by atoms with Crippen LogP contribution < -0.4 is 0 Å². The van der Waals surface area contributed by atoms with Crippen LogP contribution in [-0.4, -0.2) is 47.3 Å². The maximum atomic E-state index is 13.1. The number of hydrogen-bond acceptors (Lipinski definition) is 4. The van der Waals surface area contributed by atoms with Gasteiger partial charge in [0, 0.05) is 26.2 Å². The Morgan fingerprint density at radius 1 is 1.39 bits per heavy atom. The molecule has 1 aliphatic carbocycles. The lowest BCUT2D eigenvalue weighted by Gasteiger charge is -2.35. The van der Waals surface area contributed by atoms with Gasteiger partial charge in [0.25, 0.3) is 0 Å². The van der Waals surface area contributed by atoms with Gasteiger partial charge >= 0.3 is 0 Å². The van der Waals surface area contributed by atoms with Crippen molar-refractivity contribution in [3.63, 3.8) is 0 Å². The van der Waals surface area contributed by atoms with Crippen molar-refractivity contribution in [3.05, 3.63) is 11.9 Å². The molecule has 6 nitrogen and oxygen atoms in total. The van der Waals surface area contributed by atoms with E-state index in [0.717, 1.165) is 25.7 Å². The van der Waals surface area contributed by atoms with Crippen LogP contribution >= 0.6 is 0 Å². The van der Waals surface area contributed by atoms with Crippen LogP contribution in [0.15, 0.2) is 11.1 Å². The van der Waals surface area contributed by atoms with E-state index >= 15 is 0 Å². The maximum Gasteiger partial charge on any atom is 0.246 e. The smallest absolute Gasteiger partial charge is 0.246 e. The molecular weight excluding hydrogens is 314 g/mol. The van der Waals surface area contributed by atoms with Crippen molar-refractivity contribution in [1.29, 1.82) is 0 Å². The average molecular weight is 343 g/mol. The fraction of sp³-hybridized carbons (Fsp3) is 0.812. The van der Waals surface area contributed by atoms with Crippen molar-refractivity contribution in [2.45, 2.75) is 63.3 Å². The molecule has 0 saturated heterocycles. The van der Waals surface area contributed by atoms with Crippen LogP contribution in [0, 0.1) is 5.41 Å². The fourth-order valence-electron chi connectivity index (χ4n) is 3.42. The minimum atomic E-state index is -3.69. The molecule has 1 aromatic heterocycles. The largest absolute Gasteiger partial charge is 0.395 e. The van der Waals surface area contributed by atoms with Gasteiger partial charge in [0.1, 0.15) is 4.90 Å². The summed E-state index contributed by atoms with van der Waals surface area (Å²) in [5.41, 5.74) is 0.328. The fourth-order valence-corrected chi connectivity index (χ4v) is 5.21. The number of hydrogen-bond donors (Lipinski definition) is 1. The van der Waals surface area contributed by atoms with E-state index in [0.29, 0.717) is 5.69 Å². The first-order valence-electron chi connectivity index (χ1n) is 8.21. The van der Waals surface area contributed by atoms with Gasteiger partial charge in [-0.2, -0.15) is 9.40 Å². The number of sulfonamides is 1. The van der Waals surface area contributed by atoms with Crippen LogP contribution in [0.4, 0.5) is 0 Å². The molecule has 2 rings (SSSR count). The van der Waals surface area contributed by atoms with Crippen LogP contribution in [0.3, 0.4) is 0 Å². The standard InChI is InChI=1S/C16H29N3O3S/c1-16(2,3)14(11-20)19(5)23(21,22)13-10-18(4)17-15(13)12-8-6-7-9-12/h10,12,14,20H,6-9,11H2,1-5H3. The summed E-state index contributed by atoms with van der Waals surface area (Å²) in [6, 6.07) is -0.482. The van der Waals surface area contributed by atoms with E-state index in [4.69, 9.17) is 0 Å². The Morgan fingerprint density at radius 2 is 1.96 bits per heavy atom. The van der Waals surface area contributed by atoms with Gasteiger partial charge in [-0.3, -0.25) is 4.68 Å². The Hall–Kier alpha value is -0.920. The second-order valence-electron chi connectivity index (χ2n) is 7.62. The van der Waals surface area contributed by atoms with E-state index in [1.54, 1.807) is 25.0 Å². The van der Waals surface area contributed by atoms with Crippen LogP contribution in [-0.2, 0) is 17.1 Å². The van der Waals surface area contributed by atoms with Gasteiger partial charge in [-0.05, 0) is 18.3 Å². The van der Waals surface area contributed by atoms with Crippen molar-refractivity contribution in [2.24, 2.45) is 12.5 Å². The first kappa shape index (κ1) is 18.4. The third-order valence-electron chi connectivity index (χ3n) is 4.83. The van der Waals surface area contributed by atoms with E-state index in [1.807, 2.05) is 20.8 Å². The van der Waals surface area contributed by atoms with Crippen LogP contribution in [0.2, 0.25) is 0 Å². The number of aliphatic hydroxyl groups is 1. The highest BCUT2D eigenvalue weighted by Crippen LogP contribution is 2.38. The van der Waals surface area contributed by atoms with E-state index in [9.17, 15) is 13.5 Å². The molecule has 0 aromatic carbocycles. The predicted molar refractivity (Wildman–Crippen MR) is 89.7 cm³/mol. The van der Waals surface area contributed by atoms with Crippen molar-refractivity contribution in [2.75, 3.05) is 13.7 Å². The number of aliphatic hydroxyl groups excluding tert-OH is 1. The van der Waals surface area contributed by atoms with Crippen molar-refractivity contribution < 1.29 is 13.5 Å². The summed E-state index contributed by atoms with van der Waals surface area (Å²) in [5, 5.41) is 14.1. The summed E-state index contributed by atoms with van der Waals surface area (Å²) in [5.74, 6) is 0.219. The zero-order chi connectivity index (χ0) is 17.4. The molecule has 7 heteroatoms. The molecule has 0 spiro atoms. The van der Waals surface area contributed by atoms with Gasteiger partial charge in [0.15, 0.2) is 0 Å².